The quantitative estimate of drug-likeness (QED) is 0.867. The first-order valence-corrected chi connectivity index (χ1v) is 8.87. The highest BCUT2D eigenvalue weighted by molar-refractivity contribution is 7.86. The van der Waals surface area contributed by atoms with E-state index in [-0.39, 0.29) is 16.2 Å². The van der Waals surface area contributed by atoms with Crippen molar-refractivity contribution in [3.05, 3.63) is 30.1 Å². The molecule has 22 heavy (non-hydrogen) atoms. The molecule has 4 nitrogen and oxygen atoms in total. The van der Waals surface area contributed by atoms with Gasteiger partial charge in [-0.2, -0.15) is 8.42 Å². The van der Waals surface area contributed by atoms with Crippen LogP contribution in [0.1, 0.15) is 33.6 Å². The second-order valence-corrected chi connectivity index (χ2v) is 8.83. The van der Waals surface area contributed by atoms with Crippen LogP contribution in [0.4, 0.5) is 4.39 Å². The van der Waals surface area contributed by atoms with E-state index in [1.54, 1.807) is 6.92 Å². The molecule has 0 aromatic heterocycles. The van der Waals surface area contributed by atoms with Gasteiger partial charge >= 0.3 is 0 Å². The largest absolute Gasteiger partial charge is 0.387 e. The maximum absolute atomic E-state index is 12.9. The third-order valence-electron chi connectivity index (χ3n) is 5.67. The van der Waals surface area contributed by atoms with Crippen LogP contribution >= 0.6 is 0 Å². The van der Waals surface area contributed by atoms with Crippen molar-refractivity contribution in [2.45, 2.75) is 50.2 Å². The molecule has 4 atom stereocenters. The molecule has 0 radical (unpaired) electrons. The topological polar surface area (TPSA) is 63.6 Å². The van der Waals surface area contributed by atoms with Gasteiger partial charge in [0.1, 0.15) is 11.9 Å². The zero-order chi connectivity index (χ0) is 16.3. The Morgan fingerprint density at radius 3 is 2.27 bits per heavy atom. The second-order valence-electron chi connectivity index (χ2n) is 7.26. The van der Waals surface area contributed by atoms with Crippen LogP contribution in [0.15, 0.2) is 29.2 Å². The van der Waals surface area contributed by atoms with Crippen LogP contribution in [0, 0.1) is 23.1 Å². The number of rotatable bonds is 3. The first-order chi connectivity index (χ1) is 10.0. The average Bonchev–Trinajstić information content (AvgIpc) is 2.40. The standard InChI is InChI=1S/C16H21FO4S/c1-15(2)10-8-13(15)16(3,18)14(9-10)21-22(19,20)12-6-4-11(17)5-7-12/h4-7,10,13-14,18H,8-9H2,1-3H3/t10?,13?,14-,16+/m1/s1. The van der Waals surface area contributed by atoms with E-state index in [0.717, 1.165) is 18.6 Å². The van der Waals surface area contributed by atoms with Gasteiger partial charge in [0.25, 0.3) is 10.1 Å². The summed E-state index contributed by atoms with van der Waals surface area (Å²) in [7, 11) is -4.01. The fourth-order valence-electron chi connectivity index (χ4n) is 4.08. The average molecular weight is 328 g/mol. The van der Waals surface area contributed by atoms with Crippen LogP contribution in [-0.2, 0) is 14.3 Å². The van der Waals surface area contributed by atoms with E-state index in [1.165, 1.54) is 12.1 Å². The Morgan fingerprint density at radius 1 is 1.18 bits per heavy atom. The summed E-state index contributed by atoms with van der Waals surface area (Å²) in [6, 6.07) is 4.51. The molecule has 0 aliphatic heterocycles. The van der Waals surface area contributed by atoms with Gasteiger partial charge in [-0.15, -0.1) is 0 Å². The van der Waals surface area contributed by atoms with Crippen molar-refractivity contribution in [2.24, 2.45) is 17.3 Å². The van der Waals surface area contributed by atoms with Crippen molar-refractivity contribution >= 4 is 10.1 Å². The molecule has 2 bridgehead atoms. The minimum atomic E-state index is -4.01. The van der Waals surface area contributed by atoms with Crippen molar-refractivity contribution in [2.75, 3.05) is 0 Å². The summed E-state index contributed by atoms with van der Waals surface area (Å²) >= 11 is 0. The van der Waals surface area contributed by atoms with Crippen LogP contribution in [0.25, 0.3) is 0 Å². The Balaban J connectivity index is 1.83. The third-order valence-corrected chi connectivity index (χ3v) is 7.01. The van der Waals surface area contributed by atoms with E-state index in [4.69, 9.17) is 4.18 Å². The van der Waals surface area contributed by atoms with Crippen molar-refractivity contribution in [1.82, 2.24) is 0 Å². The zero-order valence-electron chi connectivity index (χ0n) is 12.9. The van der Waals surface area contributed by atoms with Gasteiger partial charge in [-0.3, -0.25) is 4.18 Å². The summed E-state index contributed by atoms with van der Waals surface area (Å²) in [6.07, 6.45) is 0.646. The second kappa shape index (κ2) is 4.76. The number of fused-ring (bicyclic) bond motifs is 2. The van der Waals surface area contributed by atoms with Gasteiger partial charge < -0.3 is 5.11 Å². The normalized spacial score (nSPS) is 36.7. The molecule has 4 rings (SSSR count). The number of aliphatic hydroxyl groups is 1. The van der Waals surface area contributed by atoms with E-state index in [1.807, 2.05) is 0 Å². The Kier molecular flexibility index (Phi) is 3.44. The predicted octanol–water partition coefficient (Wildman–Crippen LogP) is 2.72. The third kappa shape index (κ3) is 2.28. The summed E-state index contributed by atoms with van der Waals surface area (Å²) in [5.41, 5.74) is -1.19. The Morgan fingerprint density at radius 2 is 1.77 bits per heavy atom. The molecule has 0 saturated heterocycles. The zero-order valence-corrected chi connectivity index (χ0v) is 13.7. The highest BCUT2D eigenvalue weighted by Crippen LogP contribution is 2.63. The molecule has 0 amide bonds. The molecule has 3 aliphatic carbocycles. The highest BCUT2D eigenvalue weighted by atomic mass is 32.2. The van der Waals surface area contributed by atoms with E-state index in [0.29, 0.717) is 12.3 Å². The fraction of sp³-hybridized carbons (Fsp3) is 0.625. The summed E-state index contributed by atoms with van der Waals surface area (Å²) in [5, 5.41) is 10.8. The van der Waals surface area contributed by atoms with Crippen molar-refractivity contribution in [1.29, 1.82) is 0 Å². The van der Waals surface area contributed by atoms with Crippen molar-refractivity contribution in [3.63, 3.8) is 0 Å². The maximum Gasteiger partial charge on any atom is 0.297 e. The van der Waals surface area contributed by atoms with Gasteiger partial charge in [-0.25, -0.2) is 4.39 Å². The lowest BCUT2D eigenvalue weighted by molar-refractivity contribution is -0.237. The van der Waals surface area contributed by atoms with E-state index in [9.17, 15) is 17.9 Å². The van der Waals surface area contributed by atoms with Gasteiger partial charge in [0.2, 0.25) is 0 Å². The van der Waals surface area contributed by atoms with Crippen LogP contribution in [0.3, 0.4) is 0 Å². The molecular weight excluding hydrogens is 307 g/mol. The Hall–Kier alpha value is -0.980. The summed E-state index contributed by atoms with van der Waals surface area (Å²) in [4.78, 5) is -0.0943. The number of hydrogen-bond acceptors (Lipinski definition) is 4. The van der Waals surface area contributed by atoms with E-state index >= 15 is 0 Å². The van der Waals surface area contributed by atoms with Gasteiger partial charge in [0.05, 0.1) is 10.5 Å². The molecule has 122 valence electrons. The predicted molar refractivity (Wildman–Crippen MR) is 79.1 cm³/mol. The van der Waals surface area contributed by atoms with Crippen molar-refractivity contribution in [3.8, 4) is 0 Å². The molecule has 0 heterocycles. The molecular formula is C16H21FO4S. The fourth-order valence-corrected chi connectivity index (χ4v) is 5.24. The molecule has 6 heteroatoms. The number of benzene rings is 1. The SMILES string of the molecule is CC1(C)C2CC1[C@](C)(O)[C@H](OS(=O)(=O)c1ccc(F)cc1)C2. The van der Waals surface area contributed by atoms with Crippen LogP contribution < -0.4 is 0 Å². The van der Waals surface area contributed by atoms with Crippen LogP contribution in [-0.4, -0.2) is 25.2 Å². The molecule has 3 aliphatic rings. The molecule has 0 spiro atoms. The first kappa shape index (κ1) is 15.9. The number of hydrogen-bond donors (Lipinski definition) is 1. The maximum atomic E-state index is 12.9. The smallest absolute Gasteiger partial charge is 0.297 e. The molecule has 1 aromatic rings. The summed E-state index contributed by atoms with van der Waals surface area (Å²) in [5.74, 6) is -0.134. The molecule has 2 unspecified atom stereocenters. The van der Waals surface area contributed by atoms with Gasteiger partial charge in [-0.1, -0.05) is 13.8 Å². The number of halogens is 1. The minimum absolute atomic E-state index is 0.00297. The Labute approximate surface area is 130 Å². The van der Waals surface area contributed by atoms with E-state index in [2.05, 4.69) is 13.8 Å². The minimum Gasteiger partial charge on any atom is -0.387 e. The molecule has 3 fully saturated rings. The first-order valence-electron chi connectivity index (χ1n) is 7.46. The molecule has 3 saturated carbocycles. The summed E-state index contributed by atoms with van der Waals surface area (Å²) < 4.78 is 42.9. The molecule has 1 aromatic carbocycles. The summed E-state index contributed by atoms with van der Waals surface area (Å²) in [6.45, 7) is 5.86. The monoisotopic (exact) mass is 328 g/mol. The highest BCUT2D eigenvalue weighted by Gasteiger charge is 2.64. The lowest BCUT2D eigenvalue weighted by Crippen LogP contribution is -2.67. The van der Waals surface area contributed by atoms with Gasteiger partial charge in [-0.05, 0) is 61.3 Å². The van der Waals surface area contributed by atoms with Crippen LogP contribution in [0.2, 0.25) is 0 Å². The Bertz CT molecular complexity index is 679. The van der Waals surface area contributed by atoms with Gasteiger partial charge in [0, 0.05) is 0 Å². The van der Waals surface area contributed by atoms with Crippen LogP contribution in [0.5, 0.6) is 0 Å². The lowest BCUT2D eigenvalue weighted by Gasteiger charge is -2.64. The van der Waals surface area contributed by atoms with Gasteiger partial charge in [0.15, 0.2) is 0 Å². The molecule has 1 N–H and O–H groups in total. The van der Waals surface area contributed by atoms with Crippen molar-refractivity contribution < 1.29 is 22.1 Å². The van der Waals surface area contributed by atoms with E-state index < -0.39 is 27.6 Å². The lowest BCUT2D eigenvalue weighted by atomic mass is 9.43.